The van der Waals surface area contributed by atoms with Crippen molar-refractivity contribution in [2.24, 2.45) is 5.92 Å². The summed E-state index contributed by atoms with van der Waals surface area (Å²) >= 11 is 0. The minimum absolute atomic E-state index is 0.251. The number of hydrogen-bond donors (Lipinski definition) is 0. The Hall–Kier alpha value is -1.41. The van der Waals surface area contributed by atoms with Gasteiger partial charge in [0.25, 0.3) is 0 Å². The van der Waals surface area contributed by atoms with Gasteiger partial charge in [-0.1, -0.05) is 30.3 Å². The van der Waals surface area contributed by atoms with Gasteiger partial charge in [-0.05, 0) is 17.9 Å². The zero-order valence-corrected chi connectivity index (χ0v) is 13.4. The van der Waals surface area contributed by atoms with Crippen LogP contribution < -0.4 is 0 Å². The van der Waals surface area contributed by atoms with Crippen LogP contribution in [0.1, 0.15) is 12.0 Å². The van der Waals surface area contributed by atoms with Crippen molar-refractivity contribution in [3.05, 3.63) is 35.9 Å². The first-order chi connectivity index (χ1) is 10.8. The van der Waals surface area contributed by atoms with Crippen LogP contribution in [0.3, 0.4) is 0 Å². The molecule has 2 heterocycles. The van der Waals surface area contributed by atoms with E-state index in [-0.39, 0.29) is 5.41 Å². The minimum Gasteiger partial charge on any atom is -0.383 e. The fourth-order valence-corrected chi connectivity index (χ4v) is 4.23. The number of ether oxygens (including phenoxy) is 1. The molecule has 0 N–H and O–H groups in total. The van der Waals surface area contributed by atoms with E-state index >= 15 is 0 Å². The molecule has 0 radical (unpaired) electrons. The summed E-state index contributed by atoms with van der Waals surface area (Å²) in [6.45, 7) is 6.63. The van der Waals surface area contributed by atoms with E-state index in [9.17, 15) is 0 Å². The van der Waals surface area contributed by atoms with Gasteiger partial charge in [0.15, 0.2) is 0 Å². The van der Waals surface area contributed by atoms with Crippen LogP contribution in [0.15, 0.2) is 30.3 Å². The first-order valence-electron chi connectivity index (χ1n) is 8.14. The smallest absolute Gasteiger partial charge is 0.0866 e. The summed E-state index contributed by atoms with van der Waals surface area (Å²) in [6.07, 6.45) is 1.15. The van der Waals surface area contributed by atoms with E-state index in [0.29, 0.717) is 12.5 Å². The summed E-state index contributed by atoms with van der Waals surface area (Å²) in [5.41, 5.74) is 1.72. The van der Waals surface area contributed by atoms with E-state index in [1.165, 1.54) is 5.56 Å². The average Bonchev–Trinajstić information content (AvgIpc) is 2.93. The van der Waals surface area contributed by atoms with Crippen molar-refractivity contribution in [2.75, 3.05) is 53.0 Å². The van der Waals surface area contributed by atoms with E-state index in [4.69, 9.17) is 10.00 Å². The zero-order chi connectivity index (χ0) is 15.4. The van der Waals surface area contributed by atoms with Gasteiger partial charge in [0.1, 0.15) is 0 Å². The third-order valence-electron chi connectivity index (χ3n) is 5.37. The Labute approximate surface area is 133 Å². The third kappa shape index (κ3) is 2.89. The van der Waals surface area contributed by atoms with Crippen molar-refractivity contribution in [3.63, 3.8) is 0 Å². The van der Waals surface area contributed by atoms with Gasteiger partial charge in [0.2, 0.25) is 0 Å². The number of rotatable bonds is 5. The standard InChI is InChI=1S/C18H25N3O/c1-22-12-11-21-14-17-13-20(10-8-19)9-7-18(17,15-21)16-5-3-2-4-6-16/h2-6,17H,7,9-15H2,1H3. The van der Waals surface area contributed by atoms with Gasteiger partial charge in [0.05, 0.1) is 19.2 Å². The van der Waals surface area contributed by atoms with Crippen molar-refractivity contribution in [1.82, 2.24) is 9.80 Å². The number of methoxy groups -OCH3 is 1. The SMILES string of the molecule is COCCN1CC2CN(CC#N)CCC2(c2ccccc2)C1. The predicted octanol–water partition coefficient (Wildman–Crippen LogP) is 1.73. The van der Waals surface area contributed by atoms with Crippen LogP contribution in [-0.2, 0) is 10.2 Å². The van der Waals surface area contributed by atoms with Gasteiger partial charge < -0.3 is 4.74 Å². The van der Waals surface area contributed by atoms with E-state index in [1.54, 1.807) is 7.11 Å². The Morgan fingerprint density at radius 2 is 2.05 bits per heavy atom. The van der Waals surface area contributed by atoms with Crippen LogP contribution in [0.5, 0.6) is 0 Å². The van der Waals surface area contributed by atoms with Crippen molar-refractivity contribution in [2.45, 2.75) is 11.8 Å². The number of nitrogens with zero attached hydrogens (tertiary/aromatic N) is 3. The number of hydrogen-bond acceptors (Lipinski definition) is 4. The lowest BCUT2D eigenvalue weighted by molar-refractivity contribution is 0.135. The number of benzene rings is 1. The number of piperidine rings is 1. The maximum absolute atomic E-state index is 8.99. The van der Waals surface area contributed by atoms with Crippen molar-refractivity contribution in [1.29, 1.82) is 5.26 Å². The molecule has 118 valence electrons. The number of nitriles is 1. The molecule has 2 unspecified atom stereocenters. The third-order valence-corrected chi connectivity index (χ3v) is 5.37. The predicted molar refractivity (Wildman–Crippen MR) is 86.6 cm³/mol. The zero-order valence-electron chi connectivity index (χ0n) is 13.4. The fraction of sp³-hybridized carbons (Fsp3) is 0.611. The van der Waals surface area contributed by atoms with E-state index in [1.807, 2.05) is 0 Å². The largest absolute Gasteiger partial charge is 0.383 e. The van der Waals surface area contributed by atoms with Gasteiger partial charge in [-0.3, -0.25) is 9.80 Å². The lowest BCUT2D eigenvalue weighted by Crippen LogP contribution is -2.49. The molecule has 1 aromatic carbocycles. The molecule has 2 atom stereocenters. The van der Waals surface area contributed by atoms with Crippen LogP contribution in [0, 0.1) is 17.2 Å². The van der Waals surface area contributed by atoms with Crippen molar-refractivity contribution >= 4 is 0 Å². The molecule has 0 bridgehead atoms. The molecule has 2 saturated heterocycles. The van der Waals surface area contributed by atoms with Crippen LogP contribution >= 0.6 is 0 Å². The highest BCUT2D eigenvalue weighted by atomic mass is 16.5. The van der Waals surface area contributed by atoms with Crippen LogP contribution in [-0.4, -0.2) is 62.8 Å². The molecule has 0 saturated carbocycles. The Morgan fingerprint density at radius 1 is 1.27 bits per heavy atom. The minimum atomic E-state index is 0.251. The lowest BCUT2D eigenvalue weighted by Gasteiger charge is -2.43. The average molecular weight is 299 g/mol. The molecule has 4 heteroatoms. The second-order valence-corrected chi connectivity index (χ2v) is 6.59. The van der Waals surface area contributed by atoms with Crippen LogP contribution in [0.4, 0.5) is 0 Å². The van der Waals surface area contributed by atoms with Gasteiger partial charge in [-0.25, -0.2) is 0 Å². The first-order valence-corrected chi connectivity index (χ1v) is 8.14. The molecular weight excluding hydrogens is 274 g/mol. The van der Waals surface area contributed by atoms with E-state index in [0.717, 1.165) is 45.8 Å². The highest BCUT2D eigenvalue weighted by molar-refractivity contribution is 5.30. The molecule has 0 aliphatic carbocycles. The Balaban J connectivity index is 1.82. The summed E-state index contributed by atoms with van der Waals surface area (Å²) in [6, 6.07) is 13.3. The molecule has 22 heavy (non-hydrogen) atoms. The van der Waals surface area contributed by atoms with Gasteiger partial charge >= 0.3 is 0 Å². The Bertz CT molecular complexity index is 527. The van der Waals surface area contributed by atoms with Crippen molar-refractivity contribution < 1.29 is 4.74 Å². The Morgan fingerprint density at radius 3 is 2.77 bits per heavy atom. The molecule has 0 spiro atoms. The highest BCUT2D eigenvalue weighted by Crippen LogP contribution is 2.45. The number of likely N-dealkylation sites (tertiary alicyclic amines) is 2. The lowest BCUT2D eigenvalue weighted by atomic mass is 9.68. The Kier molecular flexibility index (Phi) is 4.77. The summed E-state index contributed by atoms with van der Waals surface area (Å²) in [5.74, 6) is 0.605. The molecule has 1 aromatic rings. The van der Waals surface area contributed by atoms with E-state index in [2.05, 4.69) is 46.2 Å². The van der Waals surface area contributed by atoms with Gasteiger partial charge in [-0.15, -0.1) is 0 Å². The summed E-state index contributed by atoms with van der Waals surface area (Å²) in [4.78, 5) is 4.85. The molecular formula is C18H25N3O. The monoisotopic (exact) mass is 299 g/mol. The van der Waals surface area contributed by atoms with Crippen molar-refractivity contribution in [3.8, 4) is 6.07 Å². The summed E-state index contributed by atoms with van der Waals surface area (Å²) in [7, 11) is 1.77. The first kappa shape index (κ1) is 15.5. The van der Waals surface area contributed by atoms with Crippen LogP contribution in [0.2, 0.25) is 0 Å². The second-order valence-electron chi connectivity index (χ2n) is 6.59. The second kappa shape index (κ2) is 6.78. The topological polar surface area (TPSA) is 39.5 Å². The maximum Gasteiger partial charge on any atom is 0.0866 e. The fourth-order valence-electron chi connectivity index (χ4n) is 4.23. The summed E-state index contributed by atoms with van der Waals surface area (Å²) in [5, 5.41) is 8.99. The highest BCUT2D eigenvalue weighted by Gasteiger charge is 2.49. The van der Waals surface area contributed by atoms with E-state index < -0.39 is 0 Å². The molecule has 2 aliphatic rings. The molecule has 2 fully saturated rings. The quantitative estimate of drug-likeness (QED) is 0.776. The molecule has 0 amide bonds. The normalized spacial score (nSPS) is 29.2. The molecule has 3 rings (SSSR count). The van der Waals surface area contributed by atoms with Gasteiger partial charge in [-0.2, -0.15) is 5.26 Å². The summed E-state index contributed by atoms with van der Waals surface area (Å²) < 4.78 is 5.26. The molecule has 2 aliphatic heterocycles. The maximum atomic E-state index is 8.99. The molecule has 4 nitrogen and oxygen atoms in total. The molecule has 0 aromatic heterocycles. The van der Waals surface area contributed by atoms with Gasteiger partial charge in [0, 0.05) is 45.2 Å². The number of fused-ring (bicyclic) bond motifs is 1. The van der Waals surface area contributed by atoms with Crippen LogP contribution in [0.25, 0.3) is 0 Å².